The average molecular weight is 1840 g/mol. The highest BCUT2D eigenvalue weighted by molar-refractivity contribution is 5.74. The highest BCUT2D eigenvalue weighted by Gasteiger charge is 2.56. The second-order valence-electron chi connectivity index (χ2n) is 33.8. The number of nitrogens with one attached hydrogen (secondary N) is 4. The van der Waals surface area contributed by atoms with Gasteiger partial charge in [-0.05, 0) is 73.1 Å². The van der Waals surface area contributed by atoms with Crippen molar-refractivity contribution >= 4 is 23.6 Å². The van der Waals surface area contributed by atoms with Crippen molar-refractivity contribution in [2.24, 2.45) is 0 Å². The van der Waals surface area contributed by atoms with E-state index in [0.29, 0.717) is 51.7 Å². The zero-order valence-electron chi connectivity index (χ0n) is 75.1. The Hall–Kier alpha value is -3.60. The molecule has 0 bridgehead atoms. The van der Waals surface area contributed by atoms with E-state index >= 15 is 0 Å². The molecule has 0 aromatic heterocycles. The lowest BCUT2D eigenvalue weighted by Gasteiger charge is -2.49. The van der Waals surface area contributed by atoms with E-state index in [2.05, 4.69) is 21.3 Å². The molecule has 8 fully saturated rings. The predicted molar refractivity (Wildman–Crippen MR) is 433 cm³/mol. The van der Waals surface area contributed by atoms with Gasteiger partial charge in [-0.1, -0.05) is 0 Å². The molecule has 0 radical (unpaired) electrons. The van der Waals surface area contributed by atoms with Crippen LogP contribution < -0.4 is 21.3 Å². The van der Waals surface area contributed by atoms with Gasteiger partial charge in [0.25, 0.3) is 0 Å². The Morgan fingerprint density at radius 3 is 1.06 bits per heavy atom. The number of unbranched alkanes of at least 4 members (excludes halogenated alkanes) is 2. The molecule has 45 nitrogen and oxygen atoms in total. The third-order valence-electron chi connectivity index (χ3n) is 22.9. The van der Waals surface area contributed by atoms with Gasteiger partial charge in [-0.2, -0.15) is 0 Å². The fraction of sp³-hybridized carbons (Fsp3) is 0.951. The summed E-state index contributed by atoms with van der Waals surface area (Å²) in [5.74, 6) is -1.89. The number of hydrogen-bond acceptors (Lipinski definition) is 41. The molecule has 8 aliphatic rings. The Labute approximate surface area is 740 Å². The van der Waals surface area contributed by atoms with Crippen LogP contribution in [0.4, 0.5) is 0 Å². The van der Waals surface area contributed by atoms with Crippen molar-refractivity contribution in [1.29, 1.82) is 0 Å². The van der Waals surface area contributed by atoms with E-state index in [9.17, 15) is 75.3 Å². The first kappa shape index (κ1) is 109. The molecule has 740 valence electrons. The molecule has 8 aliphatic heterocycles. The summed E-state index contributed by atoms with van der Waals surface area (Å²) in [6.07, 6.45) is -35.8. The number of aliphatic hydroxyl groups is 12. The molecule has 0 aromatic carbocycles. The van der Waals surface area contributed by atoms with Gasteiger partial charge in [-0.3, -0.25) is 19.2 Å². The summed E-state index contributed by atoms with van der Waals surface area (Å²) >= 11 is 0. The summed E-state index contributed by atoms with van der Waals surface area (Å²) in [5.41, 5.74) is 0. The van der Waals surface area contributed by atoms with Gasteiger partial charge in [0, 0.05) is 128 Å². The molecular formula is C82H146N4O41. The number of amides is 4. The molecule has 127 heavy (non-hydrogen) atoms. The number of methoxy groups -OCH3 is 4. The zero-order chi connectivity index (χ0) is 92.7. The van der Waals surface area contributed by atoms with Crippen LogP contribution in [0.1, 0.15) is 133 Å². The minimum absolute atomic E-state index is 0.0157. The minimum atomic E-state index is -1.83. The van der Waals surface area contributed by atoms with Crippen LogP contribution in [-0.4, -0.2) is 452 Å². The molecule has 45 heteroatoms. The van der Waals surface area contributed by atoms with Gasteiger partial charge in [0.05, 0.1) is 145 Å². The first-order chi connectivity index (χ1) is 60.6. The lowest BCUT2D eigenvalue weighted by atomic mass is 9.96. The summed E-state index contributed by atoms with van der Waals surface area (Å²) in [6.45, 7) is 13.9. The molecule has 0 aromatic rings. The van der Waals surface area contributed by atoms with Crippen molar-refractivity contribution in [3.8, 4) is 0 Å². The monoisotopic (exact) mass is 1840 g/mol. The lowest BCUT2D eigenvalue weighted by molar-refractivity contribution is -0.358. The Balaban J connectivity index is 0.754. The van der Waals surface area contributed by atoms with Crippen LogP contribution in [0.5, 0.6) is 0 Å². The molecule has 0 spiro atoms. The molecule has 8 rings (SSSR count). The zero-order valence-corrected chi connectivity index (χ0v) is 75.1. The van der Waals surface area contributed by atoms with E-state index in [4.69, 9.17) is 124 Å². The maximum Gasteiger partial charge on any atom is 0.217 e. The predicted octanol–water partition coefficient (Wildman–Crippen LogP) is -5.09. The van der Waals surface area contributed by atoms with Gasteiger partial charge in [0.1, 0.15) is 104 Å². The second-order valence-corrected chi connectivity index (χ2v) is 33.8. The second kappa shape index (κ2) is 55.4. The molecule has 8 saturated heterocycles. The topological polar surface area (TPSA) is 590 Å². The van der Waals surface area contributed by atoms with Crippen LogP contribution in [0.3, 0.4) is 0 Å². The Morgan fingerprint density at radius 1 is 0.323 bits per heavy atom. The first-order valence-corrected chi connectivity index (χ1v) is 44.1. The van der Waals surface area contributed by atoms with Gasteiger partial charge in [0.15, 0.2) is 50.3 Å². The van der Waals surface area contributed by atoms with Crippen molar-refractivity contribution < 1.29 is 199 Å². The van der Waals surface area contributed by atoms with Crippen LogP contribution in [0, 0.1) is 0 Å². The lowest BCUT2D eigenvalue weighted by Crippen LogP contribution is -2.66. The maximum atomic E-state index is 13.0. The van der Waals surface area contributed by atoms with Crippen molar-refractivity contribution in [2.45, 2.75) is 372 Å². The van der Waals surface area contributed by atoms with Crippen LogP contribution in [0.2, 0.25) is 0 Å². The van der Waals surface area contributed by atoms with Gasteiger partial charge in [-0.15, -0.1) is 0 Å². The van der Waals surface area contributed by atoms with Crippen LogP contribution >= 0.6 is 0 Å². The van der Waals surface area contributed by atoms with E-state index in [1.165, 1.54) is 63.1 Å². The Bertz CT molecular complexity index is 3110. The number of carbonyl (C=O) groups is 4. The van der Waals surface area contributed by atoms with E-state index in [1.54, 1.807) is 20.8 Å². The Kier molecular flexibility index (Phi) is 47.5. The fourth-order valence-electron chi connectivity index (χ4n) is 16.5. The van der Waals surface area contributed by atoms with Crippen LogP contribution in [-0.2, 0) is 138 Å². The molecule has 4 amide bonds. The van der Waals surface area contributed by atoms with Crippen molar-refractivity contribution in [3.05, 3.63) is 0 Å². The molecule has 0 saturated carbocycles. The van der Waals surface area contributed by atoms with Gasteiger partial charge < -0.3 is 201 Å². The molecule has 8 heterocycles. The third-order valence-corrected chi connectivity index (χ3v) is 22.9. The van der Waals surface area contributed by atoms with E-state index in [0.717, 1.165) is 0 Å². The average Bonchev–Trinajstić information content (AvgIpc) is 0.788. The summed E-state index contributed by atoms with van der Waals surface area (Å²) < 4.78 is 150. The van der Waals surface area contributed by atoms with Crippen molar-refractivity contribution in [3.63, 3.8) is 0 Å². The first-order valence-electron chi connectivity index (χ1n) is 44.1. The van der Waals surface area contributed by atoms with Crippen LogP contribution in [0.25, 0.3) is 0 Å². The number of ether oxygens (including phenoxy) is 25. The number of hydrogen-bond donors (Lipinski definition) is 16. The smallest absolute Gasteiger partial charge is 0.217 e. The fourth-order valence-corrected chi connectivity index (χ4v) is 16.5. The SMILES string of the molecule is COC1CC(C)OC(OC2CC(C)OC(OC3C(C)OC(OC4CC(CCOCCC(O)COCCCCOCC(O)COCC5CC(OC6OC(C)C(OC)C(O)C6O)C(NC(C)=O)C(OC6C(C)OC(OC7CC(COCC(O)COCCCCOCC(O)CO)OC(OC)C7NC(C)=O)C(O)C6O)O5)OC(OC)C4NC(C)=O)C(O)C3O)C2NC(C)=O)C1O. The van der Waals surface area contributed by atoms with E-state index in [1.807, 2.05) is 6.92 Å². The molecule has 39 unspecified atom stereocenters. The summed E-state index contributed by atoms with van der Waals surface area (Å²) in [7, 11) is 5.59. The summed E-state index contributed by atoms with van der Waals surface area (Å²) in [4.78, 5) is 50.8. The van der Waals surface area contributed by atoms with Crippen molar-refractivity contribution in [1.82, 2.24) is 21.3 Å². The highest BCUT2D eigenvalue weighted by Crippen LogP contribution is 2.39. The van der Waals surface area contributed by atoms with Gasteiger partial charge in [-0.25, -0.2) is 0 Å². The maximum absolute atomic E-state index is 13.0. The number of rotatable bonds is 53. The molecule has 39 atom stereocenters. The number of aliphatic hydroxyl groups excluding tert-OH is 12. The standard InChI is InChI=1S/C82H146N4O41/c1-40-26-56(122-79-65(96)60(103-10)27-41(2)115-79)63(85-47(8)90)77(114-40)126-73-43(4)117-81(70(101)67(73)98)123-57-28-53(119-75(105-12)61(57)83-45(6)88)19-25-107-24-18-49(92)32-108-20-14-16-22-110-35-52(95)37-113-39-55-30-59(125-80-69(100)66(97)72(104-11)42(3)116-80)64(86-48(9)91)78(121-55)127-74-44(5)118-82(71(102)68(74)99)124-58-29-54(120-76(106-13)62(58)84-46(7)89)38-112-36-51(94)34-111-23-17-15-21-109-33-50(93)31-87/h40-44,49-82,87,92-102H,14-39H2,1-13H3,(H,83,88)(H,84,89)(H,85,90)(H,86,91). The molecule has 0 aliphatic carbocycles. The number of carbonyl (C=O) groups excluding carboxylic acids is 4. The van der Waals surface area contributed by atoms with Gasteiger partial charge in [0.2, 0.25) is 23.6 Å². The van der Waals surface area contributed by atoms with Gasteiger partial charge >= 0.3 is 0 Å². The quantitative estimate of drug-likeness (QED) is 0.0253. The van der Waals surface area contributed by atoms with E-state index in [-0.39, 0.29) is 117 Å². The van der Waals surface area contributed by atoms with E-state index < -0.39 is 263 Å². The highest BCUT2D eigenvalue weighted by atomic mass is 16.8. The van der Waals surface area contributed by atoms with Crippen molar-refractivity contribution in [2.75, 3.05) is 128 Å². The summed E-state index contributed by atoms with van der Waals surface area (Å²) in [6, 6.07) is -4.06. The largest absolute Gasteiger partial charge is 0.394 e. The normalized spacial score (nSPS) is 39.0. The Morgan fingerprint density at radius 2 is 0.654 bits per heavy atom. The minimum Gasteiger partial charge on any atom is -0.394 e. The third kappa shape index (κ3) is 34.0. The molecular weight excluding hydrogens is 1700 g/mol. The molecule has 16 N–H and O–H groups in total. The summed E-state index contributed by atoms with van der Waals surface area (Å²) in [5, 5.41) is 143. The van der Waals surface area contributed by atoms with Crippen LogP contribution in [0.15, 0.2) is 0 Å².